The lowest BCUT2D eigenvalue weighted by atomic mass is 10.0. The van der Waals surface area contributed by atoms with Crippen LogP contribution in [-0.2, 0) is 11.2 Å². The largest absolute Gasteiger partial charge is 0.320 e. The van der Waals surface area contributed by atoms with Gasteiger partial charge in [-0.1, -0.05) is 12.1 Å². The molecule has 0 aliphatic carbocycles. The molecule has 1 aliphatic rings. The molecule has 1 unspecified atom stereocenters. The van der Waals surface area contributed by atoms with Crippen LogP contribution in [0.1, 0.15) is 26.9 Å². The van der Waals surface area contributed by atoms with E-state index in [1.807, 2.05) is 19.2 Å². The summed E-state index contributed by atoms with van der Waals surface area (Å²) in [7, 11) is 1.82. The van der Waals surface area contributed by atoms with Gasteiger partial charge in [0.15, 0.2) is 0 Å². The van der Waals surface area contributed by atoms with E-state index < -0.39 is 0 Å². The van der Waals surface area contributed by atoms with Gasteiger partial charge in [-0.15, -0.1) is 11.3 Å². The van der Waals surface area contributed by atoms with E-state index in [9.17, 15) is 4.79 Å². The number of carbonyl (C=O) groups is 1. The Morgan fingerprint density at radius 3 is 2.79 bits per heavy atom. The number of thiophene rings is 1. The summed E-state index contributed by atoms with van der Waals surface area (Å²) < 4.78 is 0. The second-order valence-corrected chi connectivity index (χ2v) is 6.26. The van der Waals surface area contributed by atoms with Crippen molar-refractivity contribution >= 4 is 22.9 Å². The SMILES string of the molecule is Cc1ccc(C(N)c2ccc3c(c2)CC(=O)N3C)s1. The molecule has 1 atom stereocenters. The van der Waals surface area contributed by atoms with Gasteiger partial charge >= 0.3 is 0 Å². The fourth-order valence-electron chi connectivity index (χ4n) is 2.47. The van der Waals surface area contributed by atoms with Crippen molar-refractivity contribution in [3.8, 4) is 0 Å². The summed E-state index contributed by atoms with van der Waals surface area (Å²) in [4.78, 5) is 15.8. The Morgan fingerprint density at radius 1 is 1.32 bits per heavy atom. The third kappa shape index (κ3) is 2.07. The third-order valence-electron chi connectivity index (χ3n) is 3.61. The number of likely N-dealkylation sites (N-methyl/N-ethyl adjacent to an activating group) is 1. The van der Waals surface area contributed by atoms with Gasteiger partial charge in [0, 0.05) is 22.5 Å². The zero-order valence-corrected chi connectivity index (χ0v) is 11.8. The van der Waals surface area contributed by atoms with Gasteiger partial charge in [0.25, 0.3) is 0 Å². The minimum Gasteiger partial charge on any atom is -0.320 e. The highest BCUT2D eigenvalue weighted by Crippen LogP contribution is 2.32. The van der Waals surface area contributed by atoms with Crippen LogP contribution in [0.25, 0.3) is 0 Å². The maximum absolute atomic E-state index is 11.7. The van der Waals surface area contributed by atoms with Crippen molar-refractivity contribution in [1.82, 2.24) is 0 Å². The van der Waals surface area contributed by atoms with Crippen LogP contribution < -0.4 is 10.6 Å². The first kappa shape index (κ1) is 12.4. The number of fused-ring (bicyclic) bond motifs is 1. The number of hydrogen-bond donors (Lipinski definition) is 1. The van der Waals surface area contributed by atoms with Gasteiger partial charge in [-0.25, -0.2) is 0 Å². The second kappa shape index (κ2) is 4.47. The van der Waals surface area contributed by atoms with E-state index in [-0.39, 0.29) is 11.9 Å². The van der Waals surface area contributed by atoms with Crippen LogP contribution in [0.5, 0.6) is 0 Å². The number of anilines is 1. The normalized spacial score (nSPS) is 15.7. The molecule has 4 heteroatoms. The first-order valence-corrected chi connectivity index (χ1v) is 7.09. The predicted molar refractivity (Wildman–Crippen MR) is 78.6 cm³/mol. The number of carbonyl (C=O) groups excluding carboxylic acids is 1. The van der Waals surface area contributed by atoms with Gasteiger partial charge in [0.1, 0.15) is 0 Å². The van der Waals surface area contributed by atoms with Crippen molar-refractivity contribution in [3.05, 3.63) is 51.2 Å². The average Bonchev–Trinajstić information content (AvgIpc) is 2.94. The maximum atomic E-state index is 11.7. The van der Waals surface area contributed by atoms with Crippen LogP contribution in [0, 0.1) is 6.92 Å². The number of hydrogen-bond acceptors (Lipinski definition) is 3. The van der Waals surface area contributed by atoms with Gasteiger partial charge in [0.2, 0.25) is 5.91 Å². The highest BCUT2D eigenvalue weighted by molar-refractivity contribution is 7.12. The number of nitrogens with zero attached hydrogens (tertiary/aromatic N) is 1. The van der Waals surface area contributed by atoms with E-state index in [1.165, 1.54) is 4.88 Å². The van der Waals surface area contributed by atoms with E-state index in [1.54, 1.807) is 16.2 Å². The molecule has 2 aromatic rings. The van der Waals surface area contributed by atoms with E-state index in [0.29, 0.717) is 6.42 Å². The molecular formula is C15H16N2OS. The fraction of sp³-hybridized carbons (Fsp3) is 0.267. The molecule has 0 saturated heterocycles. The van der Waals surface area contributed by atoms with Crippen molar-refractivity contribution in [3.63, 3.8) is 0 Å². The number of benzene rings is 1. The second-order valence-electron chi connectivity index (χ2n) is 4.94. The average molecular weight is 272 g/mol. The molecular weight excluding hydrogens is 256 g/mol. The molecule has 0 spiro atoms. The smallest absolute Gasteiger partial charge is 0.231 e. The van der Waals surface area contributed by atoms with E-state index in [2.05, 4.69) is 25.1 Å². The minimum atomic E-state index is -0.106. The lowest BCUT2D eigenvalue weighted by Gasteiger charge is -2.13. The van der Waals surface area contributed by atoms with Crippen LogP contribution >= 0.6 is 11.3 Å². The maximum Gasteiger partial charge on any atom is 0.231 e. The summed E-state index contributed by atoms with van der Waals surface area (Å²) >= 11 is 1.72. The van der Waals surface area contributed by atoms with Crippen molar-refractivity contribution in [2.45, 2.75) is 19.4 Å². The summed E-state index contributed by atoms with van der Waals surface area (Å²) in [6.45, 7) is 2.08. The molecule has 3 rings (SSSR count). The monoisotopic (exact) mass is 272 g/mol. The van der Waals surface area contributed by atoms with Crippen LogP contribution in [0.3, 0.4) is 0 Å². The molecule has 1 aliphatic heterocycles. The van der Waals surface area contributed by atoms with Crippen molar-refractivity contribution < 1.29 is 4.79 Å². The third-order valence-corrected chi connectivity index (χ3v) is 4.69. The highest BCUT2D eigenvalue weighted by Gasteiger charge is 2.24. The van der Waals surface area contributed by atoms with Crippen LogP contribution in [-0.4, -0.2) is 13.0 Å². The van der Waals surface area contributed by atoms with Crippen molar-refractivity contribution in [2.75, 3.05) is 11.9 Å². The lowest BCUT2D eigenvalue weighted by molar-refractivity contribution is -0.117. The van der Waals surface area contributed by atoms with E-state index >= 15 is 0 Å². The first-order valence-electron chi connectivity index (χ1n) is 6.27. The van der Waals surface area contributed by atoms with Gasteiger partial charge < -0.3 is 10.6 Å². The van der Waals surface area contributed by atoms with Crippen molar-refractivity contribution in [1.29, 1.82) is 0 Å². The summed E-state index contributed by atoms with van der Waals surface area (Å²) in [5, 5.41) is 0. The molecule has 1 aromatic carbocycles. The molecule has 0 saturated carbocycles. The number of amides is 1. The Balaban J connectivity index is 1.95. The highest BCUT2D eigenvalue weighted by atomic mass is 32.1. The molecule has 0 bridgehead atoms. The molecule has 0 fully saturated rings. The summed E-state index contributed by atoms with van der Waals surface area (Å²) in [5.74, 6) is 0.146. The van der Waals surface area contributed by atoms with E-state index in [0.717, 1.165) is 21.7 Å². The Kier molecular flexibility index (Phi) is 2.92. The zero-order chi connectivity index (χ0) is 13.6. The molecule has 0 radical (unpaired) electrons. The molecule has 2 N–H and O–H groups in total. The van der Waals surface area contributed by atoms with Gasteiger partial charge in [-0.3, -0.25) is 4.79 Å². The van der Waals surface area contributed by atoms with Gasteiger partial charge in [-0.05, 0) is 36.2 Å². The van der Waals surface area contributed by atoms with Crippen molar-refractivity contribution in [2.24, 2.45) is 5.73 Å². The Hall–Kier alpha value is -1.65. The van der Waals surface area contributed by atoms with Gasteiger partial charge in [-0.2, -0.15) is 0 Å². The summed E-state index contributed by atoms with van der Waals surface area (Å²) in [6.07, 6.45) is 0.482. The molecule has 98 valence electrons. The molecule has 1 amide bonds. The fourth-order valence-corrected chi connectivity index (χ4v) is 3.38. The summed E-state index contributed by atoms with van der Waals surface area (Å²) in [5.41, 5.74) is 9.46. The number of nitrogens with two attached hydrogens (primary N) is 1. The zero-order valence-electron chi connectivity index (χ0n) is 11.0. The molecule has 3 nitrogen and oxygen atoms in total. The number of rotatable bonds is 2. The molecule has 19 heavy (non-hydrogen) atoms. The topological polar surface area (TPSA) is 46.3 Å². The van der Waals surface area contributed by atoms with Gasteiger partial charge in [0.05, 0.1) is 12.5 Å². The Labute approximate surface area is 116 Å². The Morgan fingerprint density at radius 2 is 2.11 bits per heavy atom. The minimum absolute atomic E-state index is 0.106. The molecule has 1 aromatic heterocycles. The van der Waals surface area contributed by atoms with E-state index in [4.69, 9.17) is 5.73 Å². The standard InChI is InChI=1S/C15H16N2OS/c1-9-3-6-13(19-9)15(16)10-4-5-12-11(7-10)8-14(18)17(12)2/h3-7,15H,8,16H2,1-2H3. The van der Waals surface area contributed by atoms with Crippen LogP contribution in [0.2, 0.25) is 0 Å². The summed E-state index contributed by atoms with van der Waals surface area (Å²) in [6, 6.07) is 10.1. The number of aryl methyl sites for hydroxylation is 1. The molecule has 2 heterocycles. The van der Waals surface area contributed by atoms with Crippen LogP contribution in [0.15, 0.2) is 30.3 Å². The van der Waals surface area contributed by atoms with Crippen LogP contribution in [0.4, 0.5) is 5.69 Å². The lowest BCUT2D eigenvalue weighted by Crippen LogP contribution is -2.20. The first-order chi connectivity index (χ1) is 9.06. The predicted octanol–water partition coefficient (Wildman–Crippen LogP) is 2.62. The Bertz CT molecular complexity index is 647. The quantitative estimate of drug-likeness (QED) is 0.913.